The standard InChI is InChI=1S/C27H38N4O5.C26H36N4O5.Li.H2O/c1-18(2)11-23(31-8-7-19(3)12-24(31)32)26(34)29-22(14-25(33)35-6)20-13-21(16-28-15-20)30-9-10-36-27(4,5)17-30;1-17(2)10-22(30-7-6-18(3)11-23(30)31)25(34)28-21(13-24(32)33)19-12-20(15-27-14-19)29-8-9-35-26(4,5)16-29;;/h7-8,12-13,15-16,18,22-23H,9-11,14,17H2,1-6H3,(H,29,34);6-7,11-12,14-15,17,21-22H,8-10,13,16H2,1-5H3,(H,28,34)(H,32,33);;1H2/q;;+1;/p-1/t22-,23?;21-,22?;;/m00../s1. The number of esters is 1. The molecule has 4 aromatic heterocycles. The van der Waals surface area contributed by atoms with E-state index >= 15 is 0 Å². The zero-order chi connectivity index (χ0) is 52.2. The molecule has 0 radical (unpaired) electrons. The number of hydrogen-bond acceptors (Lipinski definition) is 14. The second-order valence-electron chi connectivity index (χ2n) is 20.7. The van der Waals surface area contributed by atoms with E-state index in [-0.39, 0.29) is 77.2 Å². The van der Waals surface area contributed by atoms with Crippen LogP contribution >= 0.6 is 0 Å². The second-order valence-corrected chi connectivity index (χ2v) is 20.7. The second kappa shape index (κ2) is 27.4. The Kier molecular flexibility index (Phi) is 23.1. The Morgan fingerprint density at radius 3 is 1.42 bits per heavy atom. The number of anilines is 2. The van der Waals surface area contributed by atoms with Crippen LogP contribution < -0.4 is 50.4 Å². The largest absolute Gasteiger partial charge is 1.00 e. The van der Waals surface area contributed by atoms with Crippen molar-refractivity contribution in [1.82, 2.24) is 29.7 Å². The SMILES string of the molecule is COC(=O)C[C@H](NC(=O)C(CC(C)C)n1ccc(C)cc1=O)c1cncc(N2CCOC(C)(C)C2)c1.Cc1ccn(C(CC(C)C)C(=O)N[C@@H](CC(=O)O)c2cncc(N3CCOC(C)(C)C3)c2)c(=O)c1.[Li+].[OH-]. The molecule has 4 atom stereocenters. The van der Waals surface area contributed by atoms with Crippen molar-refractivity contribution in [2.75, 3.05) is 56.3 Å². The Balaban J connectivity index is 0.000000375. The molecule has 0 bridgehead atoms. The molecule has 2 amide bonds. The van der Waals surface area contributed by atoms with Gasteiger partial charge in [0, 0.05) is 63.1 Å². The molecule has 73 heavy (non-hydrogen) atoms. The van der Waals surface area contributed by atoms with Crippen LogP contribution in [-0.2, 0) is 33.4 Å². The summed E-state index contributed by atoms with van der Waals surface area (Å²) in [4.78, 5) is 89.4. The van der Waals surface area contributed by atoms with E-state index in [1.54, 1.807) is 43.2 Å². The van der Waals surface area contributed by atoms with E-state index in [2.05, 4.69) is 30.4 Å². The van der Waals surface area contributed by atoms with Gasteiger partial charge >= 0.3 is 30.8 Å². The van der Waals surface area contributed by atoms with Gasteiger partial charge in [-0.05, 0) is 113 Å². The molecular formula is C53H75LiN8O11. The van der Waals surface area contributed by atoms with Crippen LogP contribution in [0.3, 0.4) is 0 Å². The fourth-order valence-corrected chi connectivity index (χ4v) is 8.83. The third kappa shape index (κ3) is 18.2. The Bertz CT molecular complexity index is 2600. The van der Waals surface area contributed by atoms with Crippen LogP contribution in [0.4, 0.5) is 11.4 Å². The van der Waals surface area contributed by atoms with Gasteiger partial charge in [-0.25, -0.2) is 0 Å². The molecule has 6 rings (SSSR count). The van der Waals surface area contributed by atoms with Crippen LogP contribution in [0.1, 0.15) is 127 Å². The van der Waals surface area contributed by atoms with Crippen LogP contribution in [0, 0.1) is 25.7 Å². The van der Waals surface area contributed by atoms with E-state index in [0.29, 0.717) is 56.8 Å². The molecule has 0 aromatic carbocycles. The number of amides is 2. The van der Waals surface area contributed by atoms with Crippen molar-refractivity contribution in [3.05, 3.63) is 117 Å². The van der Waals surface area contributed by atoms with Crippen molar-refractivity contribution in [1.29, 1.82) is 0 Å². The molecular weight excluding hydrogens is 932 g/mol. The smallest absolute Gasteiger partial charge is 0.870 e. The number of aromatic nitrogens is 4. The molecule has 2 aliphatic heterocycles. The van der Waals surface area contributed by atoms with Crippen LogP contribution in [0.5, 0.6) is 0 Å². The van der Waals surface area contributed by atoms with Crippen molar-refractivity contribution in [2.45, 2.75) is 130 Å². The average molecular weight is 1010 g/mol. The first-order valence-electron chi connectivity index (χ1n) is 24.4. The van der Waals surface area contributed by atoms with Crippen LogP contribution in [-0.4, -0.2) is 111 Å². The van der Waals surface area contributed by atoms with Crippen molar-refractivity contribution in [3.63, 3.8) is 0 Å². The average Bonchev–Trinajstić information content (AvgIpc) is 3.29. The minimum atomic E-state index is -1.04. The summed E-state index contributed by atoms with van der Waals surface area (Å²) in [7, 11) is 1.32. The Hall–Kier alpha value is -5.84. The number of morpholine rings is 2. The summed E-state index contributed by atoms with van der Waals surface area (Å²) < 4.78 is 19.4. The molecule has 2 unspecified atom stereocenters. The van der Waals surface area contributed by atoms with Crippen molar-refractivity contribution < 1.29 is 62.8 Å². The number of aliphatic carboxylic acids is 1. The molecule has 2 saturated heterocycles. The van der Waals surface area contributed by atoms with Crippen LogP contribution in [0.15, 0.2) is 83.2 Å². The van der Waals surface area contributed by atoms with Gasteiger partial charge in [-0.1, -0.05) is 27.7 Å². The zero-order valence-corrected chi connectivity index (χ0v) is 44.7. The summed E-state index contributed by atoms with van der Waals surface area (Å²) in [6.45, 7) is 23.7. The van der Waals surface area contributed by atoms with Crippen LogP contribution in [0.2, 0.25) is 0 Å². The molecule has 0 saturated carbocycles. The van der Waals surface area contributed by atoms with E-state index in [4.69, 9.17) is 14.2 Å². The summed E-state index contributed by atoms with van der Waals surface area (Å²) in [6.07, 6.45) is 10.6. The van der Waals surface area contributed by atoms with Crippen LogP contribution in [0.25, 0.3) is 0 Å². The number of ether oxygens (including phenoxy) is 3. The number of nitrogens with zero attached hydrogens (tertiary/aromatic N) is 6. The number of carboxylic acids is 1. The molecule has 0 spiro atoms. The molecule has 394 valence electrons. The normalized spacial score (nSPS) is 16.6. The minimum Gasteiger partial charge on any atom is -0.870 e. The predicted molar refractivity (Wildman–Crippen MR) is 273 cm³/mol. The quantitative estimate of drug-likeness (QED) is 0.0958. The Morgan fingerprint density at radius 1 is 0.685 bits per heavy atom. The maximum absolute atomic E-state index is 13.6. The summed E-state index contributed by atoms with van der Waals surface area (Å²) in [6, 6.07) is 7.50. The molecule has 0 aliphatic carbocycles. The monoisotopic (exact) mass is 1010 g/mol. The third-order valence-electron chi connectivity index (χ3n) is 12.4. The maximum Gasteiger partial charge on any atom is 1.00 e. The topological polar surface area (TPSA) is 247 Å². The summed E-state index contributed by atoms with van der Waals surface area (Å²) in [5.74, 6) is -1.91. The first kappa shape index (κ1) is 61.5. The number of methoxy groups -OCH3 is 1. The number of aryl methyl sites for hydroxylation is 2. The predicted octanol–water partition coefficient (Wildman–Crippen LogP) is 3.09. The summed E-state index contributed by atoms with van der Waals surface area (Å²) in [5.41, 5.74) is 3.56. The summed E-state index contributed by atoms with van der Waals surface area (Å²) >= 11 is 0. The molecule has 2 aliphatic rings. The number of pyridine rings is 4. The van der Waals surface area contributed by atoms with E-state index in [1.807, 2.05) is 87.4 Å². The number of carbonyl (C=O) groups is 4. The third-order valence-corrected chi connectivity index (χ3v) is 12.4. The maximum atomic E-state index is 13.6. The molecule has 4 aromatic rings. The number of nitrogens with one attached hydrogen (secondary N) is 2. The Morgan fingerprint density at radius 2 is 1.08 bits per heavy atom. The zero-order valence-electron chi connectivity index (χ0n) is 44.7. The minimum absolute atomic E-state index is 0. The fraction of sp³-hybridized carbons (Fsp3) is 0.547. The van der Waals surface area contributed by atoms with E-state index in [9.17, 15) is 33.9 Å². The molecule has 2 fully saturated rings. The number of hydrogen-bond donors (Lipinski definition) is 3. The van der Waals surface area contributed by atoms with Gasteiger partial charge in [0.1, 0.15) is 12.1 Å². The van der Waals surface area contributed by atoms with E-state index < -0.39 is 42.0 Å². The molecule has 20 heteroatoms. The first-order chi connectivity index (χ1) is 33.4. The number of rotatable bonds is 18. The van der Waals surface area contributed by atoms with Gasteiger partial charge in [0.25, 0.3) is 11.1 Å². The molecule has 19 nitrogen and oxygen atoms in total. The van der Waals surface area contributed by atoms with Crippen molar-refractivity contribution >= 4 is 35.1 Å². The number of carbonyl (C=O) groups excluding carboxylic acids is 3. The van der Waals surface area contributed by atoms with Gasteiger partial charge in [-0.15, -0.1) is 0 Å². The van der Waals surface area contributed by atoms with Gasteiger partial charge in [-0.2, -0.15) is 0 Å². The van der Waals surface area contributed by atoms with Gasteiger partial charge in [-0.3, -0.25) is 38.7 Å². The van der Waals surface area contributed by atoms with E-state index in [1.165, 1.54) is 28.4 Å². The fourth-order valence-electron chi connectivity index (χ4n) is 8.83. The van der Waals surface area contributed by atoms with Gasteiger partial charge in [0.15, 0.2) is 0 Å². The Labute approximate surface area is 440 Å². The van der Waals surface area contributed by atoms with Crippen molar-refractivity contribution in [2.24, 2.45) is 11.8 Å². The van der Waals surface area contributed by atoms with Crippen molar-refractivity contribution in [3.8, 4) is 0 Å². The van der Waals surface area contributed by atoms with Gasteiger partial charge < -0.3 is 54.4 Å². The van der Waals surface area contributed by atoms with Gasteiger partial charge in [0.05, 0.1) is 80.2 Å². The molecule has 6 heterocycles. The number of carboxylic acid groups (broad SMARTS) is 1. The van der Waals surface area contributed by atoms with E-state index in [0.717, 1.165) is 29.0 Å². The molecule has 4 N–H and O–H groups in total. The summed E-state index contributed by atoms with van der Waals surface area (Å²) in [5, 5.41) is 15.5. The van der Waals surface area contributed by atoms with Gasteiger partial charge in [0.2, 0.25) is 11.8 Å². The first-order valence-corrected chi connectivity index (χ1v) is 24.4.